The van der Waals surface area contributed by atoms with E-state index in [1.807, 2.05) is 0 Å². The van der Waals surface area contributed by atoms with Crippen LogP contribution in [0.25, 0.3) is 0 Å². The summed E-state index contributed by atoms with van der Waals surface area (Å²) >= 11 is 0. The molecule has 182 valence electrons. The molecule has 3 aromatic rings. The molecule has 0 fully saturated rings. The van der Waals surface area contributed by atoms with E-state index in [0.29, 0.717) is 53.8 Å². The molecule has 10 nitrogen and oxygen atoms in total. The van der Waals surface area contributed by atoms with Crippen LogP contribution in [0.1, 0.15) is 13.3 Å². The first-order chi connectivity index (χ1) is 16.8. The maximum atomic E-state index is 11.3. The molecule has 3 rings (SSSR count). The topological polar surface area (TPSA) is 134 Å². The highest BCUT2D eigenvalue weighted by Gasteiger charge is 2.01. The zero-order valence-electron chi connectivity index (χ0n) is 19.4. The van der Waals surface area contributed by atoms with Crippen molar-refractivity contribution in [2.75, 3.05) is 24.1 Å². The first kappa shape index (κ1) is 25.5. The van der Waals surface area contributed by atoms with Crippen molar-refractivity contribution < 1.29 is 17.9 Å². The smallest absolute Gasteiger partial charge is 0.229 e. The van der Waals surface area contributed by atoms with Gasteiger partial charge < -0.3 is 10.1 Å². The lowest BCUT2D eigenvalue weighted by molar-refractivity contribution is -0.120. The zero-order valence-corrected chi connectivity index (χ0v) is 20.2. The second kappa shape index (κ2) is 12.4. The quantitative estimate of drug-likeness (QED) is 0.257. The van der Waals surface area contributed by atoms with Crippen LogP contribution in [0.4, 0.5) is 28.4 Å². The predicted octanol–water partition coefficient (Wildman–Crippen LogP) is 5.79. The summed E-state index contributed by atoms with van der Waals surface area (Å²) in [5.41, 5.74) is 3.02. The molecule has 0 saturated heterocycles. The second-order valence-electron chi connectivity index (χ2n) is 7.38. The van der Waals surface area contributed by atoms with E-state index in [1.165, 1.54) is 0 Å². The minimum atomic E-state index is -3.32. The van der Waals surface area contributed by atoms with E-state index in [9.17, 15) is 13.2 Å². The number of hydrogen-bond donors (Lipinski definition) is 2. The van der Waals surface area contributed by atoms with Crippen LogP contribution in [-0.4, -0.2) is 33.7 Å². The van der Waals surface area contributed by atoms with Crippen molar-refractivity contribution >= 4 is 44.4 Å². The molecular weight excluding hydrogens is 468 g/mol. The lowest BCUT2D eigenvalue weighted by atomic mass is 10.3. The van der Waals surface area contributed by atoms with Gasteiger partial charge in [0.05, 0.1) is 35.6 Å². The van der Waals surface area contributed by atoms with Crippen molar-refractivity contribution in [3.05, 3.63) is 72.8 Å². The van der Waals surface area contributed by atoms with Gasteiger partial charge >= 0.3 is 0 Å². The number of benzene rings is 3. The molecule has 0 aliphatic rings. The molecule has 0 aromatic heterocycles. The first-order valence-electron chi connectivity index (χ1n) is 10.8. The predicted molar refractivity (Wildman–Crippen MR) is 135 cm³/mol. The van der Waals surface area contributed by atoms with Gasteiger partial charge in [-0.3, -0.25) is 9.52 Å². The number of carbonyl (C=O) groups is 1. The van der Waals surface area contributed by atoms with Gasteiger partial charge in [0, 0.05) is 12.1 Å². The molecule has 0 saturated carbocycles. The van der Waals surface area contributed by atoms with Gasteiger partial charge in [-0.25, -0.2) is 8.42 Å². The van der Waals surface area contributed by atoms with Crippen LogP contribution in [0, 0.1) is 0 Å². The van der Waals surface area contributed by atoms with Crippen molar-refractivity contribution in [2.45, 2.75) is 13.3 Å². The summed E-state index contributed by atoms with van der Waals surface area (Å²) in [5, 5.41) is 19.5. The molecule has 0 spiro atoms. The molecule has 35 heavy (non-hydrogen) atoms. The number of sulfonamides is 1. The number of amides is 1. The second-order valence-corrected chi connectivity index (χ2v) is 9.13. The van der Waals surface area contributed by atoms with Crippen molar-refractivity contribution in [1.82, 2.24) is 5.32 Å². The summed E-state index contributed by atoms with van der Waals surface area (Å²) in [4.78, 5) is 11.2. The van der Waals surface area contributed by atoms with E-state index in [1.54, 1.807) is 79.7 Å². The van der Waals surface area contributed by atoms with Crippen molar-refractivity contribution in [2.24, 2.45) is 20.5 Å². The molecule has 0 radical (unpaired) electrons. The van der Waals surface area contributed by atoms with Crippen LogP contribution in [-0.2, 0) is 14.8 Å². The van der Waals surface area contributed by atoms with Crippen molar-refractivity contribution in [3.63, 3.8) is 0 Å². The van der Waals surface area contributed by atoms with Gasteiger partial charge in [-0.05, 0) is 72.8 Å². The standard InChI is InChI=1S/C24H26N6O4S/c1-3-24(31)25-16-17-34-23-14-12-21(13-15-23)29-27-19-6-4-18(5-7-19)26-28-20-8-10-22(11-9-20)30-35(2,32)33/h4-15,30H,3,16-17H2,1-2H3,(H,25,31). The fourth-order valence-corrected chi connectivity index (χ4v) is 3.28. The van der Waals surface area contributed by atoms with E-state index in [2.05, 4.69) is 30.5 Å². The number of azo groups is 2. The Kier molecular flexibility index (Phi) is 9.02. The highest BCUT2D eigenvalue weighted by molar-refractivity contribution is 7.92. The molecule has 0 heterocycles. The molecule has 0 atom stereocenters. The van der Waals surface area contributed by atoms with Crippen LogP contribution in [0.15, 0.2) is 93.3 Å². The average molecular weight is 495 g/mol. The third-order valence-corrected chi connectivity index (χ3v) is 5.04. The Balaban J connectivity index is 1.50. The number of nitrogens with zero attached hydrogens (tertiary/aromatic N) is 4. The van der Waals surface area contributed by atoms with Gasteiger partial charge in [0.15, 0.2) is 0 Å². The van der Waals surface area contributed by atoms with E-state index in [4.69, 9.17) is 4.74 Å². The van der Waals surface area contributed by atoms with Crippen molar-refractivity contribution in [1.29, 1.82) is 0 Å². The normalized spacial score (nSPS) is 11.6. The minimum absolute atomic E-state index is 0.00323. The summed E-state index contributed by atoms with van der Waals surface area (Å²) in [6.45, 7) is 2.65. The summed E-state index contributed by atoms with van der Waals surface area (Å²) in [7, 11) is -3.32. The third-order valence-electron chi connectivity index (χ3n) is 4.43. The number of rotatable bonds is 11. The number of nitrogens with one attached hydrogen (secondary N) is 2. The molecule has 0 unspecified atom stereocenters. The summed E-state index contributed by atoms with van der Waals surface area (Å²) < 4.78 is 30.5. The highest BCUT2D eigenvalue weighted by Crippen LogP contribution is 2.25. The molecule has 1 amide bonds. The van der Waals surface area contributed by atoms with E-state index in [0.717, 1.165) is 6.26 Å². The summed E-state index contributed by atoms with van der Waals surface area (Å²) in [6.07, 6.45) is 1.55. The van der Waals surface area contributed by atoms with Gasteiger partial charge in [-0.2, -0.15) is 20.5 Å². The molecule has 0 aliphatic carbocycles. The Hall–Kier alpha value is -4.12. The van der Waals surface area contributed by atoms with E-state index < -0.39 is 10.0 Å². The minimum Gasteiger partial charge on any atom is -0.492 e. The molecule has 3 aromatic carbocycles. The van der Waals surface area contributed by atoms with Crippen molar-refractivity contribution in [3.8, 4) is 5.75 Å². The van der Waals surface area contributed by atoms with Crippen LogP contribution in [0.2, 0.25) is 0 Å². The maximum Gasteiger partial charge on any atom is 0.229 e. The van der Waals surface area contributed by atoms with Gasteiger partial charge in [0.1, 0.15) is 12.4 Å². The largest absolute Gasteiger partial charge is 0.492 e. The summed E-state index contributed by atoms with van der Waals surface area (Å²) in [5.74, 6) is 0.683. The van der Waals surface area contributed by atoms with Crippen LogP contribution < -0.4 is 14.8 Å². The number of anilines is 1. The van der Waals surface area contributed by atoms with Gasteiger partial charge in [0.25, 0.3) is 0 Å². The maximum absolute atomic E-state index is 11.3. The number of hydrogen-bond acceptors (Lipinski definition) is 8. The van der Waals surface area contributed by atoms with Crippen LogP contribution in [0.3, 0.4) is 0 Å². The number of carbonyl (C=O) groups excluding carboxylic acids is 1. The van der Waals surface area contributed by atoms with Gasteiger partial charge in [-0.15, -0.1) is 0 Å². The fourth-order valence-electron chi connectivity index (χ4n) is 2.72. The fraction of sp³-hybridized carbons (Fsp3) is 0.208. The highest BCUT2D eigenvalue weighted by atomic mass is 32.2. The summed E-state index contributed by atoms with van der Waals surface area (Å²) in [6, 6.07) is 20.8. The molecule has 0 bridgehead atoms. The monoisotopic (exact) mass is 494 g/mol. The van der Waals surface area contributed by atoms with Gasteiger partial charge in [-0.1, -0.05) is 6.92 Å². The molecule has 11 heteroatoms. The zero-order chi connectivity index (χ0) is 25.1. The van der Waals surface area contributed by atoms with Crippen LogP contribution in [0.5, 0.6) is 5.75 Å². The van der Waals surface area contributed by atoms with E-state index in [-0.39, 0.29) is 5.91 Å². The average Bonchev–Trinajstić information content (AvgIpc) is 2.85. The SMILES string of the molecule is CCC(=O)NCCOc1ccc(N=Nc2ccc(N=Nc3ccc(NS(C)(=O)=O)cc3)cc2)cc1. The third kappa shape index (κ3) is 9.33. The Labute approximate surface area is 204 Å². The Morgan fingerprint density at radius 2 is 1.20 bits per heavy atom. The van der Waals surface area contributed by atoms with Gasteiger partial charge in [0.2, 0.25) is 15.9 Å². The lowest BCUT2D eigenvalue weighted by Gasteiger charge is -2.07. The Morgan fingerprint density at radius 1 is 0.771 bits per heavy atom. The van der Waals surface area contributed by atoms with E-state index >= 15 is 0 Å². The molecule has 2 N–H and O–H groups in total. The Bertz CT molecular complexity index is 1270. The first-order valence-corrected chi connectivity index (χ1v) is 12.7. The lowest BCUT2D eigenvalue weighted by Crippen LogP contribution is -2.27. The molecular formula is C24H26N6O4S. The Morgan fingerprint density at radius 3 is 1.63 bits per heavy atom. The van der Waals surface area contributed by atoms with Crippen LogP contribution >= 0.6 is 0 Å². The number of ether oxygens (including phenoxy) is 1. The molecule has 0 aliphatic heterocycles.